The molecule has 4 N–H and O–H groups in total. The molecule has 0 spiro atoms. The smallest absolute Gasteiger partial charge is 0.319 e. The summed E-state index contributed by atoms with van der Waals surface area (Å²) in [5, 5.41) is 5.66. The number of urea groups is 1. The molecule has 0 fully saturated rings. The first-order valence-electron chi connectivity index (χ1n) is 6.36. The van der Waals surface area contributed by atoms with Gasteiger partial charge in [0.15, 0.2) is 0 Å². The number of nitrogens with two attached hydrogens (primary N) is 1. The Balaban J connectivity index is 2.39. The molecule has 100 valence electrons. The third-order valence-electron chi connectivity index (χ3n) is 3.17. The molecule has 2 amide bonds. The second-order valence-corrected chi connectivity index (χ2v) is 4.96. The molecule has 1 unspecified atom stereocenters. The van der Waals surface area contributed by atoms with Crippen LogP contribution in [-0.2, 0) is 6.54 Å². The molecule has 0 aromatic heterocycles. The van der Waals surface area contributed by atoms with E-state index in [2.05, 4.69) is 31.4 Å². The summed E-state index contributed by atoms with van der Waals surface area (Å²) >= 11 is 0. The van der Waals surface area contributed by atoms with Gasteiger partial charge < -0.3 is 16.4 Å². The van der Waals surface area contributed by atoms with Gasteiger partial charge in [0.1, 0.15) is 0 Å². The Labute approximate surface area is 109 Å². The Morgan fingerprint density at radius 2 is 1.83 bits per heavy atom. The predicted octanol–water partition coefficient (Wildman–Crippen LogP) is 2.56. The molecule has 0 radical (unpaired) electrons. The van der Waals surface area contributed by atoms with Crippen LogP contribution in [0.2, 0.25) is 0 Å². The lowest BCUT2D eigenvalue weighted by Gasteiger charge is -2.16. The molecule has 1 rings (SSSR count). The highest BCUT2D eigenvalue weighted by atomic mass is 16.2. The molecule has 1 aromatic rings. The van der Waals surface area contributed by atoms with Crippen LogP contribution in [0.5, 0.6) is 0 Å². The van der Waals surface area contributed by atoms with Crippen molar-refractivity contribution in [2.24, 2.45) is 17.6 Å². The quantitative estimate of drug-likeness (QED) is 0.750. The first kappa shape index (κ1) is 14.5. The second-order valence-electron chi connectivity index (χ2n) is 4.96. The van der Waals surface area contributed by atoms with Gasteiger partial charge in [-0.25, -0.2) is 4.79 Å². The Hall–Kier alpha value is -1.55. The summed E-state index contributed by atoms with van der Waals surface area (Å²) in [4.78, 5) is 11.6. The highest BCUT2D eigenvalue weighted by Gasteiger charge is 2.08. The molecule has 0 bridgehead atoms. The molecule has 0 saturated heterocycles. The summed E-state index contributed by atoms with van der Waals surface area (Å²) in [6.45, 7) is 7.62. The van der Waals surface area contributed by atoms with E-state index in [1.807, 2.05) is 24.3 Å². The minimum atomic E-state index is -0.164. The van der Waals surface area contributed by atoms with Crippen LogP contribution in [0, 0.1) is 11.8 Å². The van der Waals surface area contributed by atoms with Gasteiger partial charge in [-0.05, 0) is 29.5 Å². The maximum Gasteiger partial charge on any atom is 0.319 e. The van der Waals surface area contributed by atoms with E-state index in [0.717, 1.165) is 11.3 Å². The highest BCUT2D eigenvalue weighted by molar-refractivity contribution is 5.89. The first-order valence-corrected chi connectivity index (χ1v) is 6.36. The maximum atomic E-state index is 11.6. The number of hydrogen-bond acceptors (Lipinski definition) is 2. The van der Waals surface area contributed by atoms with Gasteiger partial charge in [-0.1, -0.05) is 32.9 Å². The van der Waals surface area contributed by atoms with Crippen molar-refractivity contribution >= 4 is 11.7 Å². The van der Waals surface area contributed by atoms with Gasteiger partial charge in [-0.15, -0.1) is 0 Å². The van der Waals surface area contributed by atoms with Crippen LogP contribution in [0.3, 0.4) is 0 Å². The lowest BCUT2D eigenvalue weighted by Crippen LogP contribution is -2.33. The minimum Gasteiger partial charge on any atom is -0.338 e. The number of anilines is 1. The summed E-state index contributed by atoms with van der Waals surface area (Å²) < 4.78 is 0. The van der Waals surface area contributed by atoms with Gasteiger partial charge in [-0.2, -0.15) is 0 Å². The van der Waals surface area contributed by atoms with Crippen molar-refractivity contribution in [3.05, 3.63) is 29.8 Å². The number of rotatable bonds is 5. The fraction of sp³-hybridized carbons (Fsp3) is 0.500. The van der Waals surface area contributed by atoms with E-state index in [9.17, 15) is 4.79 Å². The fourth-order valence-electron chi connectivity index (χ4n) is 1.39. The van der Waals surface area contributed by atoms with Crippen molar-refractivity contribution in [1.82, 2.24) is 5.32 Å². The van der Waals surface area contributed by atoms with E-state index in [4.69, 9.17) is 5.73 Å². The van der Waals surface area contributed by atoms with Gasteiger partial charge in [-0.3, -0.25) is 0 Å². The molecule has 0 heterocycles. The van der Waals surface area contributed by atoms with Crippen LogP contribution in [0.25, 0.3) is 0 Å². The Morgan fingerprint density at radius 3 is 2.33 bits per heavy atom. The molecule has 4 nitrogen and oxygen atoms in total. The van der Waals surface area contributed by atoms with E-state index in [0.29, 0.717) is 24.9 Å². The molecule has 4 heteroatoms. The number of carbonyl (C=O) groups excluding carboxylic acids is 1. The van der Waals surface area contributed by atoms with Gasteiger partial charge in [0.2, 0.25) is 0 Å². The zero-order valence-electron chi connectivity index (χ0n) is 11.4. The summed E-state index contributed by atoms with van der Waals surface area (Å²) in [5.41, 5.74) is 7.34. The summed E-state index contributed by atoms with van der Waals surface area (Å²) in [6, 6.07) is 7.36. The molecule has 18 heavy (non-hydrogen) atoms. The lowest BCUT2D eigenvalue weighted by molar-refractivity contribution is 0.249. The van der Waals surface area contributed by atoms with Gasteiger partial charge in [0.05, 0.1) is 0 Å². The monoisotopic (exact) mass is 249 g/mol. The second kappa shape index (κ2) is 7.01. The lowest BCUT2D eigenvalue weighted by atomic mass is 9.98. The van der Waals surface area contributed by atoms with Crippen LogP contribution in [0.4, 0.5) is 10.5 Å². The first-order chi connectivity index (χ1) is 8.52. The van der Waals surface area contributed by atoms with Crippen molar-refractivity contribution in [2.45, 2.75) is 27.3 Å². The normalized spacial score (nSPS) is 12.3. The van der Waals surface area contributed by atoms with Crippen LogP contribution < -0.4 is 16.4 Å². The molecule has 0 saturated carbocycles. The molecule has 1 aromatic carbocycles. The minimum absolute atomic E-state index is 0.164. The van der Waals surface area contributed by atoms with Crippen molar-refractivity contribution in [1.29, 1.82) is 0 Å². The molecule has 0 aliphatic carbocycles. The number of hydrogen-bond donors (Lipinski definition) is 3. The van der Waals surface area contributed by atoms with E-state index < -0.39 is 0 Å². The van der Waals surface area contributed by atoms with Gasteiger partial charge >= 0.3 is 6.03 Å². The summed E-state index contributed by atoms with van der Waals surface area (Å²) in [7, 11) is 0. The van der Waals surface area contributed by atoms with Crippen LogP contribution in [-0.4, -0.2) is 12.6 Å². The number of amides is 2. The summed E-state index contributed by atoms with van der Waals surface area (Å²) in [5.74, 6) is 1.03. The Bertz CT molecular complexity index is 373. The van der Waals surface area contributed by atoms with E-state index >= 15 is 0 Å². The topological polar surface area (TPSA) is 67.2 Å². The van der Waals surface area contributed by atoms with Crippen molar-refractivity contribution in [3.63, 3.8) is 0 Å². The molecular weight excluding hydrogens is 226 g/mol. The van der Waals surface area contributed by atoms with Gasteiger partial charge in [0, 0.05) is 18.8 Å². The van der Waals surface area contributed by atoms with Crippen molar-refractivity contribution in [3.8, 4) is 0 Å². The van der Waals surface area contributed by atoms with Gasteiger partial charge in [0.25, 0.3) is 0 Å². The van der Waals surface area contributed by atoms with E-state index in [-0.39, 0.29) is 6.03 Å². The standard InChI is InChI=1S/C14H23N3O/c1-10(2)11(3)9-16-14(18)17-13-6-4-12(8-15)5-7-13/h4-7,10-11H,8-9,15H2,1-3H3,(H2,16,17,18). The molecule has 0 aliphatic rings. The average Bonchev–Trinajstić information content (AvgIpc) is 2.36. The molecule has 1 atom stereocenters. The number of benzene rings is 1. The maximum absolute atomic E-state index is 11.6. The SMILES string of the molecule is CC(C)C(C)CNC(=O)Nc1ccc(CN)cc1. The summed E-state index contributed by atoms with van der Waals surface area (Å²) in [6.07, 6.45) is 0. The zero-order chi connectivity index (χ0) is 13.5. The van der Waals surface area contributed by atoms with Crippen LogP contribution >= 0.6 is 0 Å². The average molecular weight is 249 g/mol. The molecular formula is C14H23N3O. The molecule has 0 aliphatic heterocycles. The van der Waals surface area contributed by atoms with E-state index in [1.165, 1.54) is 0 Å². The Morgan fingerprint density at radius 1 is 1.22 bits per heavy atom. The Kier molecular flexibility index (Phi) is 5.65. The van der Waals surface area contributed by atoms with E-state index in [1.54, 1.807) is 0 Å². The predicted molar refractivity (Wildman–Crippen MR) is 75.4 cm³/mol. The van der Waals surface area contributed by atoms with Crippen LogP contribution in [0.1, 0.15) is 26.3 Å². The largest absolute Gasteiger partial charge is 0.338 e. The fourth-order valence-corrected chi connectivity index (χ4v) is 1.39. The third-order valence-corrected chi connectivity index (χ3v) is 3.17. The highest BCUT2D eigenvalue weighted by Crippen LogP contribution is 2.10. The van der Waals surface area contributed by atoms with Crippen molar-refractivity contribution in [2.75, 3.05) is 11.9 Å². The zero-order valence-corrected chi connectivity index (χ0v) is 11.4. The number of carbonyl (C=O) groups is 1. The number of nitrogens with one attached hydrogen (secondary N) is 2. The van der Waals surface area contributed by atoms with Crippen LogP contribution in [0.15, 0.2) is 24.3 Å². The van der Waals surface area contributed by atoms with Crippen molar-refractivity contribution < 1.29 is 4.79 Å². The third kappa shape index (κ3) is 4.75.